The number of carbonyl (C=O) groups is 1. The van der Waals surface area contributed by atoms with E-state index in [1.165, 1.54) is 19.1 Å². The summed E-state index contributed by atoms with van der Waals surface area (Å²) in [5, 5.41) is 22.3. The molecule has 150 valence electrons. The lowest BCUT2D eigenvalue weighted by Crippen LogP contribution is -2.49. The van der Waals surface area contributed by atoms with Crippen LogP contribution in [0.25, 0.3) is 0 Å². The van der Waals surface area contributed by atoms with Crippen LogP contribution in [0.5, 0.6) is 0 Å². The fourth-order valence-electron chi connectivity index (χ4n) is 3.06. The van der Waals surface area contributed by atoms with Crippen LogP contribution in [-0.4, -0.2) is 21.7 Å². The maximum Gasteiger partial charge on any atom is 0.417 e. The van der Waals surface area contributed by atoms with Crippen molar-refractivity contribution in [3.63, 3.8) is 0 Å². The number of nitrogens with zero attached hydrogens (tertiary/aromatic N) is 2. The molecular formula is C19H13BrF3N3O2S. The summed E-state index contributed by atoms with van der Waals surface area (Å²) in [6.45, 7) is 1.42. The van der Waals surface area contributed by atoms with E-state index in [4.69, 9.17) is 17.5 Å². The number of rotatable bonds is 3. The highest BCUT2D eigenvalue weighted by Gasteiger charge is 2.52. The molecule has 0 spiro atoms. The summed E-state index contributed by atoms with van der Waals surface area (Å²) >= 11 is 8.45. The van der Waals surface area contributed by atoms with Crippen molar-refractivity contribution in [1.82, 2.24) is 5.32 Å². The summed E-state index contributed by atoms with van der Waals surface area (Å²) < 4.78 is 40.6. The SMILES string of the molecule is C[C@]1([C@@H](O)c2ccc(Br)cc2)NC(=S)N(c2ccc(C#N)c(C(F)(F)F)c2)C1=O. The van der Waals surface area contributed by atoms with E-state index in [0.29, 0.717) is 11.6 Å². The second-order valence-electron chi connectivity index (χ2n) is 6.57. The van der Waals surface area contributed by atoms with Crippen LogP contribution in [0.2, 0.25) is 0 Å². The zero-order valence-corrected chi connectivity index (χ0v) is 17.2. The first-order valence-electron chi connectivity index (χ1n) is 8.20. The molecule has 5 nitrogen and oxygen atoms in total. The second kappa shape index (κ2) is 7.40. The molecule has 0 saturated carbocycles. The quantitative estimate of drug-likeness (QED) is 0.644. The number of anilines is 1. The zero-order valence-electron chi connectivity index (χ0n) is 14.8. The van der Waals surface area contributed by atoms with Gasteiger partial charge < -0.3 is 10.4 Å². The smallest absolute Gasteiger partial charge is 0.385 e. The van der Waals surface area contributed by atoms with Crippen LogP contribution in [0.4, 0.5) is 18.9 Å². The minimum Gasteiger partial charge on any atom is -0.385 e. The fourth-order valence-corrected chi connectivity index (χ4v) is 3.72. The van der Waals surface area contributed by atoms with Gasteiger partial charge in [-0.25, -0.2) is 0 Å². The summed E-state index contributed by atoms with van der Waals surface area (Å²) in [4.78, 5) is 14.0. The monoisotopic (exact) mass is 483 g/mol. The minimum atomic E-state index is -4.78. The Balaban J connectivity index is 2.01. The molecule has 0 aromatic heterocycles. The molecule has 1 heterocycles. The van der Waals surface area contributed by atoms with Crippen molar-refractivity contribution in [2.75, 3.05) is 4.90 Å². The van der Waals surface area contributed by atoms with Gasteiger partial charge in [-0.05, 0) is 55.0 Å². The maximum atomic E-state index is 13.3. The molecule has 10 heteroatoms. The normalized spacial score (nSPS) is 20.4. The van der Waals surface area contributed by atoms with E-state index in [0.717, 1.165) is 15.4 Å². The van der Waals surface area contributed by atoms with Crippen LogP contribution in [0.1, 0.15) is 29.7 Å². The number of nitriles is 1. The third kappa shape index (κ3) is 3.73. The Morgan fingerprint density at radius 2 is 1.90 bits per heavy atom. The van der Waals surface area contributed by atoms with E-state index in [1.54, 1.807) is 24.3 Å². The van der Waals surface area contributed by atoms with Crippen LogP contribution in [-0.2, 0) is 11.0 Å². The zero-order chi connectivity index (χ0) is 21.6. The number of thiocarbonyl (C=S) groups is 1. The molecule has 1 aliphatic rings. The van der Waals surface area contributed by atoms with Gasteiger partial charge in [0.05, 0.1) is 22.9 Å². The van der Waals surface area contributed by atoms with Gasteiger partial charge in [-0.15, -0.1) is 0 Å². The Morgan fingerprint density at radius 1 is 1.28 bits per heavy atom. The summed E-state index contributed by atoms with van der Waals surface area (Å²) in [6.07, 6.45) is -6.09. The van der Waals surface area contributed by atoms with Crippen LogP contribution in [0, 0.1) is 11.3 Å². The Bertz CT molecular complexity index is 1040. The highest BCUT2D eigenvalue weighted by molar-refractivity contribution is 9.10. The second-order valence-corrected chi connectivity index (χ2v) is 7.87. The van der Waals surface area contributed by atoms with Gasteiger partial charge in [0.2, 0.25) is 0 Å². The first-order chi connectivity index (χ1) is 13.5. The number of halogens is 4. The first kappa shape index (κ1) is 21.2. The summed E-state index contributed by atoms with van der Waals surface area (Å²) in [5.74, 6) is -0.712. The summed E-state index contributed by atoms with van der Waals surface area (Å²) in [6, 6.07) is 11.0. The molecule has 2 aromatic carbocycles. The molecule has 1 amide bonds. The number of benzene rings is 2. The number of hydrogen-bond donors (Lipinski definition) is 2. The van der Waals surface area contributed by atoms with Crippen molar-refractivity contribution < 1.29 is 23.1 Å². The van der Waals surface area contributed by atoms with Gasteiger partial charge >= 0.3 is 6.18 Å². The van der Waals surface area contributed by atoms with E-state index < -0.39 is 34.9 Å². The Kier molecular flexibility index (Phi) is 5.42. The highest BCUT2D eigenvalue weighted by Crippen LogP contribution is 2.38. The number of nitrogens with one attached hydrogen (secondary N) is 1. The van der Waals surface area contributed by atoms with E-state index in [9.17, 15) is 23.1 Å². The third-order valence-corrected chi connectivity index (χ3v) is 5.45. The number of aliphatic hydroxyl groups is 1. The molecule has 3 rings (SSSR count). The van der Waals surface area contributed by atoms with Crippen molar-refractivity contribution in [3.8, 4) is 6.07 Å². The van der Waals surface area contributed by atoms with Crippen molar-refractivity contribution in [1.29, 1.82) is 5.26 Å². The Morgan fingerprint density at radius 3 is 2.45 bits per heavy atom. The van der Waals surface area contributed by atoms with Gasteiger partial charge in [0, 0.05) is 4.47 Å². The number of carbonyl (C=O) groups excluding carboxylic acids is 1. The molecule has 1 fully saturated rings. The van der Waals surface area contributed by atoms with Gasteiger partial charge in [0.1, 0.15) is 11.6 Å². The lowest BCUT2D eigenvalue weighted by atomic mass is 9.89. The molecule has 0 unspecified atom stereocenters. The summed E-state index contributed by atoms with van der Waals surface area (Å²) in [7, 11) is 0. The highest BCUT2D eigenvalue weighted by atomic mass is 79.9. The standard InChI is InChI=1S/C19H13BrF3N3O2S/c1-18(15(27)10-2-5-12(20)6-3-10)16(28)26(17(29)25-18)13-7-4-11(9-24)14(8-13)19(21,22)23/h2-8,15,27H,1H3,(H,25,29)/t15-,18+/m0/s1. The third-order valence-electron chi connectivity index (χ3n) is 4.64. The van der Waals surface area contributed by atoms with Crippen molar-refractivity contribution >= 4 is 44.9 Å². The average molecular weight is 484 g/mol. The molecule has 2 aromatic rings. The van der Waals surface area contributed by atoms with Crippen LogP contribution in [0.15, 0.2) is 46.9 Å². The van der Waals surface area contributed by atoms with Gasteiger partial charge in [0.25, 0.3) is 5.91 Å². The number of aliphatic hydroxyl groups excluding tert-OH is 1. The molecule has 2 atom stereocenters. The maximum absolute atomic E-state index is 13.3. The van der Waals surface area contributed by atoms with Gasteiger partial charge in [-0.3, -0.25) is 9.69 Å². The average Bonchev–Trinajstić information content (AvgIpc) is 2.90. The Hall–Kier alpha value is -2.48. The van der Waals surface area contributed by atoms with Crippen molar-refractivity contribution in [2.24, 2.45) is 0 Å². The summed E-state index contributed by atoms with van der Waals surface area (Å²) in [5.41, 5.74) is -3.04. The molecule has 0 bridgehead atoms. The predicted octanol–water partition coefficient (Wildman–Crippen LogP) is 4.05. The van der Waals surface area contributed by atoms with E-state index in [-0.39, 0.29) is 10.8 Å². The van der Waals surface area contributed by atoms with Crippen LogP contribution < -0.4 is 10.2 Å². The largest absolute Gasteiger partial charge is 0.417 e. The predicted molar refractivity (Wildman–Crippen MR) is 107 cm³/mol. The molecule has 29 heavy (non-hydrogen) atoms. The molecule has 2 N–H and O–H groups in total. The van der Waals surface area contributed by atoms with E-state index >= 15 is 0 Å². The lowest BCUT2D eigenvalue weighted by Gasteiger charge is -2.28. The number of alkyl halides is 3. The van der Waals surface area contributed by atoms with Gasteiger partial charge in [0.15, 0.2) is 5.11 Å². The molecule has 0 aliphatic carbocycles. The number of hydrogen-bond acceptors (Lipinski definition) is 4. The topological polar surface area (TPSA) is 76.4 Å². The Labute approximate surface area is 177 Å². The van der Waals surface area contributed by atoms with Crippen molar-refractivity contribution in [3.05, 3.63) is 63.6 Å². The van der Waals surface area contributed by atoms with Crippen molar-refractivity contribution in [2.45, 2.75) is 24.7 Å². The van der Waals surface area contributed by atoms with E-state index in [1.807, 2.05) is 0 Å². The van der Waals surface area contributed by atoms with Gasteiger partial charge in [-0.1, -0.05) is 28.1 Å². The molecule has 0 radical (unpaired) electrons. The van der Waals surface area contributed by atoms with Gasteiger partial charge in [-0.2, -0.15) is 18.4 Å². The van der Waals surface area contributed by atoms with Crippen LogP contribution >= 0.6 is 28.1 Å². The molecular weight excluding hydrogens is 471 g/mol. The van der Waals surface area contributed by atoms with Crippen LogP contribution in [0.3, 0.4) is 0 Å². The fraction of sp³-hybridized carbons (Fsp3) is 0.211. The molecule has 1 aliphatic heterocycles. The van der Waals surface area contributed by atoms with E-state index in [2.05, 4.69) is 21.2 Å². The minimum absolute atomic E-state index is 0.147. The number of amides is 1. The molecule has 1 saturated heterocycles. The lowest BCUT2D eigenvalue weighted by molar-refractivity contribution is -0.137. The first-order valence-corrected chi connectivity index (χ1v) is 9.40.